The molecule has 1 spiro atoms. The number of hydrogen-bond acceptors (Lipinski definition) is 5. The number of aliphatic imine (C=N–C) groups is 1. The summed E-state index contributed by atoms with van der Waals surface area (Å²) in [5, 5.41) is 28.5. The number of nitriles is 2. The Kier molecular flexibility index (Phi) is 2.42. The SMILES string of the molecule is CC(C)[C@H]1O[C@@]23CCCC[C@@H]2[C@@]2(C#N)C(=N)N=C(O3)[C@@]12C#N. The van der Waals surface area contributed by atoms with Crippen LogP contribution in [0.4, 0.5) is 0 Å². The highest BCUT2D eigenvalue weighted by molar-refractivity contribution is 6.12. The van der Waals surface area contributed by atoms with Gasteiger partial charge in [0, 0.05) is 6.42 Å². The molecule has 0 aromatic carbocycles. The van der Waals surface area contributed by atoms with Gasteiger partial charge in [-0.3, -0.25) is 5.41 Å². The van der Waals surface area contributed by atoms with E-state index in [1.165, 1.54) is 0 Å². The molecule has 0 aromatic rings. The van der Waals surface area contributed by atoms with Crippen LogP contribution in [0.25, 0.3) is 0 Å². The van der Waals surface area contributed by atoms with Gasteiger partial charge in [0.25, 0.3) is 0 Å². The Bertz CT molecular complexity index is 687. The number of nitrogens with zero attached hydrogens (tertiary/aromatic N) is 3. The van der Waals surface area contributed by atoms with Crippen LogP contribution in [0.2, 0.25) is 0 Å². The first-order valence-electron chi connectivity index (χ1n) is 7.86. The van der Waals surface area contributed by atoms with Gasteiger partial charge >= 0.3 is 0 Å². The fourth-order valence-corrected chi connectivity index (χ4v) is 4.99. The summed E-state index contributed by atoms with van der Waals surface area (Å²) in [6.45, 7) is 3.96. The molecule has 4 heterocycles. The Morgan fingerprint density at radius 1 is 1.27 bits per heavy atom. The first-order valence-corrected chi connectivity index (χ1v) is 7.86. The van der Waals surface area contributed by atoms with Gasteiger partial charge in [-0.25, -0.2) is 0 Å². The second-order valence-corrected chi connectivity index (χ2v) is 7.10. The third-order valence-electron chi connectivity index (χ3n) is 5.85. The van der Waals surface area contributed by atoms with Crippen LogP contribution in [0.3, 0.4) is 0 Å². The Morgan fingerprint density at radius 3 is 2.64 bits per heavy atom. The van der Waals surface area contributed by atoms with E-state index in [2.05, 4.69) is 17.1 Å². The van der Waals surface area contributed by atoms with Crippen molar-refractivity contribution in [3.63, 3.8) is 0 Å². The molecular weight excluding hydrogens is 280 g/mol. The zero-order chi connectivity index (χ0) is 15.8. The summed E-state index contributed by atoms with van der Waals surface area (Å²) in [7, 11) is 0. The lowest BCUT2D eigenvalue weighted by molar-refractivity contribution is -0.358. The second kappa shape index (κ2) is 3.88. The standard InChI is InChI=1S/C16H18N4O2/c1-9(2)11-15(8-18)13-20-12(19)14(15,7-17)10-5-3-4-6-16(10,21-11)22-13/h9-11,19H,3-6H2,1-2H3/t10-,11-,14+,15-,16-/m1/s1. The Labute approximate surface area is 129 Å². The van der Waals surface area contributed by atoms with Crippen molar-refractivity contribution in [2.75, 3.05) is 0 Å². The monoisotopic (exact) mass is 298 g/mol. The van der Waals surface area contributed by atoms with Crippen molar-refractivity contribution in [2.24, 2.45) is 27.7 Å². The summed E-state index contributed by atoms with van der Waals surface area (Å²) in [5.74, 6) is -0.926. The molecule has 5 aliphatic rings. The number of amidine groups is 1. The average Bonchev–Trinajstić information content (AvgIpc) is 2.70. The first-order chi connectivity index (χ1) is 10.5. The highest BCUT2D eigenvalue weighted by Gasteiger charge is 2.83. The highest BCUT2D eigenvalue weighted by atomic mass is 16.7. The molecule has 4 fully saturated rings. The molecule has 5 rings (SSSR count). The number of ether oxygens (including phenoxy) is 2. The molecular formula is C16H18N4O2. The van der Waals surface area contributed by atoms with Gasteiger partial charge < -0.3 is 9.47 Å². The lowest BCUT2D eigenvalue weighted by atomic mass is 9.48. The van der Waals surface area contributed by atoms with E-state index in [9.17, 15) is 10.5 Å². The van der Waals surface area contributed by atoms with Crippen LogP contribution in [0, 0.1) is 50.7 Å². The van der Waals surface area contributed by atoms with Crippen LogP contribution < -0.4 is 0 Å². The van der Waals surface area contributed by atoms with E-state index in [-0.39, 0.29) is 23.6 Å². The zero-order valence-corrected chi connectivity index (χ0v) is 12.7. The second-order valence-electron chi connectivity index (χ2n) is 7.10. The topological polar surface area (TPSA) is 102 Å². The maximum Gasteiger partial charge on any atom is 0.218 e. The molecule has 22 heavy (non-hydrogen) atoms. The predicted octanol–water partition coefficient (Wildman–Crippen LogP) is 2.37. The quantitative estimate of drug-likeness (QED) is 0.802. The summed E-state index contributed by atoms with van der Waals surface area (Å²) >= 11 is 0. The Hall–Kier alpha value is -1.92. The van der Waals surface area contributed by atoms with Crippen LogP contribution >= 0.6 is 0 Å². The van der Waals surface area contributed by atoms with E-state index in [4.69, 9.17) is 14.9 Å². The lowest BCUT2D eigenvalue weighted by Crippen LogP contribution is -2.76. The average molecular weight is 298 g/mol. The fourth-order valence-electron chi connectivity index (χ4n) is 4.99. The largest absolute Gasteiger partial charge is 0.447 e. The molecule has 4 bridgehead atoms. The molecule has 0 radical (unpaired) electrons. The van der Waals surface area contributed by atoms with E-state index in [0.717, 1.165) is 19.3 Å². The summed E-state index contributed by atoms with van der Waals surface area (Å²) in [4.78, 5) is 4.22. The predicted molar refractivity (Wildman–Crippen MR) is 76.7 cm³/mol. The van der Waals surface area contributed by atoms with Gasteiger partial charge in [-0.2, -0.15) is 15.5 Å². The lowest BCUT2D eigenvalue weighted by Gasteiger charge is -2.63. The van der Waals surface area contributed by atoms with Crippen molar-refractivity contribution in [2.45, 2.75) is 51.4 Å². The Balaban J connectivity index is 2.04. The van der Waals surface area contributed by atoms with E-state index < -0.39 is 22.7 Å². The van der Waals surface area contributed by atoms with Gasteiger partial charge in [-0.1, -0.05) is 20.3 Å². The maximum atomic E-state index is 10.1. The minimum Gasteiger partial charge on any atom is -0.447 e. The van der Waals surface area contributed by atoms with Gasteiger partial charge in [0.1, 0.15) is 5.84 Å². The third kappa shape index (κ3) is 1.11. The van der Waals surface area contributed by atoms with Gasteiger partial charge in [-0.15, -0.1) is 0 Å². The number of nitrogens with one attached hydrogen (secondary N) is 1. The van der Waals surface area contributed by atoms with Crippen molar-refractivity contribution in [3.05, 3.63) is 0 Å². The highest BCUT2D eigenvalue weighted by Crippen LogP contribution is 2.69. The van der Waals surface area contributed by atoms with E-state index in [1.807, 2.05) is 13.8 Å². The molecule has 6 nitrogen and oxygen atoms in total. The minimum absolute atomic E-state index is 0.0192. The molecule has 0 amide bonds. The molecule has 0 unspecified atom stereocenters. The summed E-state index contributed by atoms with van der Waals surface area (Å²) < 4.78 is 12.4. The molecule has 1 saturated carbocycles. The van der Waals surface area contributed by atoms with Crippen molar-refractivity contribution in [3.8, 4) is 12.1 Å². The molecule has 3 saturated heterocycles. The zero-order valence-electron chi connectivity index (χ0n) is 12.7. The smallest absolute Gasteiger partial charge is 0.218 e. The van der Waals surface area contributed by atoms with Crippen molar-refractivity contribution in [1.29, 1.82) is 15.9 Å². The van der Waals surface area contributed by atoms with Gasteiger partial charge in [0.05, 0.1) is 24.2 Å². The van der Waals surface area contributed by atoms with Gasteiger partial charge in [0.2, 0.25) is 11.7 Å². The van der Waals surface area contributed by atoms with E-state index in [0.29, 0.717) is 6.42 Å². The van der Waals surface area contributed by atoms with Crippen LogP contribution in [-0.2, 0) is 9.47 Å². The van der Waals surface area contributed by atoms with Gasteiger partial charge in [-0.05, 0) is 18.8 Å². The summed E-state index contributed by atoms with van der Waals surface area (Å²) in [6, 6.07) is 4.65. The molecule has 4 aliphatic heterocycles. The fraction of sp³-hybridized carbons (Fsp3) is 0.750. The third-order valence-corrected chi connectivity index (χ3v) is 5.85. The van der Waals surface area contributed by atoms with Crippen molar-refractivity contribution >= 4 is 11.7 Å². The number of fused-ring (bicyclic) bond motifs is 1. The van der Waals surface area contributed by atoms with E-state index >= 15 is 0 Å². The normalized spacial score (nSPS) is 48.2. The summed E-state index contributed by atoms with van der Waals surface area (Å²) in [5.41, 5.74) is -2.51. The van der Waals surface area contributed by atoms with Gasteiger partial charge in [0.15, 0.2) is 10.8 Å². The Morgan fingerprint density at radius 2 is 2.00 bits per heavy atom. The van der Waals surface area contributed by atoms with Crippen LogP contribution in [-0.4, -0.2) is 23.6 Å². The summed E-state index contributed by atoms with van der Waals surface area (Å²) in [6.07, 6.45) is 2.87. The molecule has 5 atom stereocenters. The van der Waals surface area contributed by atoms with E-state index in [1.54, 1.807) is 0 Å². The molecule has 1 aliphatic carbocycles. The van der Waals surface area contributed by atoms with Crippen molar-refractivity contribution < 1.29 is 9.47 Å². The molecule has 1 N–H and O–H groups in total. The molecule has 0 aromatic heterocycles. The molecule has 6 heteroatoms. The minimum atomic E-state index is -1.28. The van der Waals surface area contributed by atoms with Crippen LogP contribution in [0.15, 0.2) is 4.99 Å². The first kappa shape index (κ1) is 13.7. The maximum absolute atomic E-state index is 10.1. The van der Waals surface area contributed by atoms with Crippen molar-refractivity contribution in [1.82, 2.24) is 0 Å². The number of rotatable bonds is 1. The molecule has 114 valence electrons. The van der Waals surface area contributed by atoms with Crippen LogP contribution in [0.5, 0.6) is 0 Å². The number of hydrogen-bond donors (Lipinski definition) is 1. The van der Waals surface area contributed by atoms with Crippen LogP contribution in [0.1, 0.15) is 39.5 Å².